The highest BCUT2D eigenvalue weighted by Crippen LogP contribution is 2.30. The molecule has 0 unspecified atom stereocenters. The average Bonchev–Trinajstić information content (AvgIpc) is 2.26. The van der Waals surface area contributed by atoms with Gasteiger partial charge in [-0.2, -0.15) is 0 Å². The zero-order chi connectivity index (χ0) is 10.6. The summed E-state index contributed by atoms with van der Waals surface area (Å²) in [6.45, 7) is 7.40. The molecule has 0 aromatic heterocycles. The van der Waals surface area contributed by atoms with Gasteiger partial charge in [0.2, 0.25) is 0 Å². The van der Waals surface area contributed by atoms with Crippen LogP contribution in [0, 0.1) is 4.91 Å². The second-order valence-electron chi connectivity index (χ2n) is 2.71. The summed E-state index contributed by atoms with van der Waals surface area (Å²) >= 11 is 0. The van der Waals surface area contributed by atoms with Crippen LogP contribution < -0.4 is 4.74 Å². The van der Waals surface area contributed by atoms with Gasteiger partial charge in [0.15, 0.2) is 0 Å². The van der Waals surface area contributed by atoms with Gasteiger partial charge >= 0.3 is 0 Å². The molecule has 0 radical (unpaired) electrons. The van der Waals surface area contributed by atoms with Crippen molar-refractivity contribution in [3.8, 4) is 5.75 Å². The van der Waals surface area contributed by atoms with Crippen molar-refractivity contribution in [2.24, 2.45) is 5.18 Å². The van der Waals surface area contributed by atoms with Crippen molar-refractivity contribution in [3.05, 3.63) is 47.9 Å². The summed E-state index contributed by atoms with van der Waals surface area (Å²) in [6, 6.07) is 5.06. The topological polar surface area (TPSA) is 38.7 Å². The summed E-state index contributed by atoms with van der Waals surface area (Å²) in [5, 5.41) is 2.84. The zero-order valence-electron chi connectivity index (χ0n) is 7.99. The van der Waals surface area contributed by atoms with Gasteiger partial charge in [0.1, 0.15) is 11.4 Å². The molecule has 0 saturated heterocycles. The molecule has 0 fully saturated rings. The normalized spacial score (nSPS) is 9.21. The van der Waals surface area contributed by atoms with E-state index in [0.29, 0.717) is 5.75 Å². The summed E-state index contributed by atoms with van der Waals surface area (Å²) in [7, 11) is 1.49. The predicted molar refractivity (Wildman–Crippen MR) is 57.7 cm³/mol. The molecule has 14 heavy (non-hydrogen) atoms. The average molecular weight is 189 g/mol. The van der Waals surface area contributed by atoms with Crippen LogP contribution in [0.5, 0.6) is 5.75 Å². The van der Waals surface area contributed by atoms with E-state index < -0.39 is 0 Å². The third-order valence-corrected chi connectivity index (χ3v) is 1.90. The first-order valence-electron chi connectivity index (χ1n) is 4.06. The first kappa shape index (κ1) is 10.2. The lowest BCUT2D eigenvalue weighted by atomic mass is 10.1. The molecular formula is C11H11NO2. The van der Waals surface area contributed by atoms with Crippen LogP contribution in [-0.2, 0) is 0 Å². The van der Waals surface area contributed by atoms with E-state index in [1.54, 1.807) is 24.3 Å². The number of ether oxygens (including phenoxy) is 1. The number of rotatable bonds is 4. The van der Waals surface area contributed by atoms with Crippen molar-refractivity contribution >= 4 is 11.3 Å². The van der Waals surface area contributed by atoms with E-state index >= 15 is 0 Å². The standard InChI is InChI=1S/C11H11NO2/c1-4-8(2)9-5-6-10(12-13)11(7-9)14-3/h4-7H,1-2H2,3H3. The number of hydrogen-bond donors (Lipinski definition) is 0. The monoisotopic (exact) mass is 189 g/mol. The molecule has 0 atom stereocenters. The fourth-order valence-electron chi connectivity index (χ4n) is 1.07. The molecule has 0 bridgehead atoms. The molecular weight excluding hydrogens is 178 g/mol. The van der Waals surface area contributed by atoms with E-state index in [1.165, 1.54) is 7.11 Å². The molecule has 0 aliphatic carbocycles. The summed E-state index contributed by atoms with van der Waals surface area (Å²) in [5.74, 6) is 0.445. The van der Waals surface area contributed by atoms with Crippen LogP contribution in [0.3, 0.4) is 0 Å². The third kappa shape index (κ3) is 1.88. The van der Waals surface area contributed by atoms with Crippen LogP contribution in [0.1, 0.15) is 5.56 Å². The molecule has 3 nitrogen and oxygen atoms in total. The molecule has 1 rings (SSSR count). The van der Waals surface area contributed by atoms with Gasteiger partial charge in [0, 0.05) is 0 Å². The predicted octanol–water partition coefficient (Wildman–Crippen LogP) is 3.29. The fraction of sp³-hybridized carbons (Fsp3) is 0.0909. The molecule has 0 aliphatic heterocycles. The maximum Gasteiger partial charge on any atom is 0.149 e. The quantitative estimate of drug-likeness (QED) is 0.538. The van der Waals surface area contributed by atoms with Gasteiger partial charge < -0.3 is 4.74 Å². The summed E-state index contributed by atoms with van der Waals surface area (Å²) in [4.78, 5) is 10.4. The highest BCUT2D eigenvalue weighted by Gasteiger charge is 2.04. The van der Waals surface area contributed by atoms with Crippen molar-refractivity contribution in [2.75, 3.05) is 7.11 Å². The molecule has 0 aliphatic rings. The largest absolute Gasteiger partial charge is 0.494 e. The van der Waals surface area contributed by atoms with Crippen molar-refractivity contribution in [1.82, 2.24) is 0 Å². The Morgan fingerprint density at radius 2 is 2.29 bits per heavy atom. The summed E-state index contributed by atoms with van der Waals surface area (Å²) in [5.41, 5.74) is 1.93. The minimum absolute atomic E-state index is 0.285. The smallest absolute Gasteiger partial charge is 0.149 e. The number of nitroso groups, excluding NO2 is 1. The minimum atomic E-state index is 0.285. The summed E-state index contributed by atoms with van der Waals surface area (Å²) < 4.78 is 5.00. The van der Waals surface area contributed by atoms with E-state index in [9.17, 15) is 4.91 Å². The molecule has 0 amide bonds. The molecule has 1 aromatic carbocycles. The van der Waals surface area contributed by atoms with Gasteiger partial charge in [-0.05, 0) is 28.4 Å². The van der Waals surface area contributed by atoms with Crippen LogP contribution in [0.2, 0.25) is 0 Å². The second kappa shape index (κ2) is 4.37. The minimum Gasteiger partial charge on any atom is -0.494 e. The first-order valence-corrected chi connectivity index (χ1v) is 4.06. The van der Waals surface area contributed by atoms with Crippen molar-refractivity contribution in [2.45, 2.75) is 0 Å². The number of methoxy groups -OCH3 is 1. The Hall–Kier alpha value is -1.90. The molecule has 0 N–H and O–H groups in total. The first-order chi connectivity index (χ1) is 6.72. The highest BCUT2D eigenvalue weighted by molar-refractivity contribution is 5.74. The fourth-order valence-corrected chi connectivity index (χ4v) is 1.07. The van der Waals surface area contributed by atoms with Gasteiger partial charge in [-0.15, -0.1) is 4.91 Å². The molecule has 0 heterocycles. The van der Waals surface area contributed by atoms with Crippen LogP contribution in [0.25, 0.3) is 5.57 Å². The van der Waals surface area contributed by atoms with E-state index in [1.807, 2.05) is 0 Å². The van der Waals surface area contributed by atoms with E-state index in [0.717, 1.165) is 11.1 Å². The Balaban J connectivity index is 3.19. The van der Waals surface area contributed by atoms with Gasteiger partial charge in [0.05, 0.1) is 7.11 Å². The van der Waals surface area contributed by atoms with Crippen LogP contribution in [-0.4, -0.2) is 7.11 Å². The number of allylic oxidation sites excluding steroid dienone is 2. The lowest BCUT2D eigenvalue weighted by Gasteiger charge is -2.05. The lowest BCUT2D eigenvalue weighted by Crippen LogP contribution is -1.86. The van der Waals surface area contributed by atoms with E-state index in [4.69, 9.17) is 4.74 Å². The van der Waals surface area contributed by atoms with Crippen molar-refractivity contribution < 1.29 is 4.74 Å². The highest BCUT2D eigenvalue weighted by atomic mass is 16.5. The Bertz CT molecular complexity index is 383. The van der Waals surface area contributed by atoms with Gasteiger partial charge in [-0.25, -0.2) is 0 Å². The van der Waals surface area contributed by atoms with Gasteiger partial charge in [-0.3, -0.25) is 0 Å². The van der Waals surface area contributed by atoms with Crippen LogP contribution in [0.4, 0.5) is 5.69 Å². The number of hydrogen-bond acceptors (Lipinski definition) is 3. The second-order valence-corrected chi connectivity index (χ2v) is 2.71. The molecule has 0 spiro atoms. The van der Waals surface area contributed by atoms with E-state index in [2.05, 4.69) is 18.3 Å². The summed E-state index contributed by atoms with van der Waals surface area (Å²) in [6.07, 6.45) is 1.64. The molecule has 0 saturated carbocycles. The Morgan fingerprint density at radius 3 is 2.79 bits per heavy atom. The maximum atomic E-state index is 10.4. The number of nitrogens with zero attached hydrogens (tertiary/aromatic N) is 1. The van der Waals surface area contributed by atoms with Crippen molar-refractivity contribution in [1.29, 1.82) is 0 Å². The van der Waals surface area contributed by atoms with Gasteiger partial charge in [-0.1, -0.05) is 25.3 Å². The Labute approximate surface area is 82.7 Å². The SMILES string of the molecule is C=CC(=C)c1ccc(N=O)c(OC)c1. The van der Waals surface area contributed by atoms with Gasteiger partial charge in [0.25, 0.3) is 0 Å². The van der Waals surface area contributed by atoms with Crippen LogP contribution >= 0.6 is 0 Å². The lowest BCUT2D eigenvalue weighted by molar-refractivity contribution is 0.416. The maximum absolute atomic E-state index is 10.4. The Kier molecular flexibility index (Phi) is 3.18. The number of benzene rings is 1. The Morgan fingerprint density at radius 1 is 1.57 bits per heavy atom. The molecule has 72 valence electrons. The molecule has 3 heteroatoms. The third-order valence-electron chi connectivity index (χ3n) is 1.90. The van der Waals surface area contributed by atoms with Crippen LogP contribution in [0.15, 0.2) is 42.6 Å². The zero-order valence-corrected chi connectivity index (χ0v) is 7.99. The van der Waals surface area contributed by atoms with E-state index in [-0.39, 0.29) is 5.69 Å². The molecule has 1 aromatic rings. The van der Waals surface area contributed by atoms with Crippen molar-refractivity contribution in [3.63, 3.8) is 0 Å².